The minimum absolute atomic E-state index is 0. The number of hydrogen-bond acceptors (Lipinski definition) is 3. The van der Waals surface area contributed by atoms with E-state index in [0.29, 0.717) is 16.5 Å². The van der Waals surface area contributed by atoms with Crippen LogP contribution >= 0.6 is 0 Å². The zero-order valence-corrected chi connectivity index (χ0v) is 15.9. The number of rotatable bonds is 0. The number of ether oxygens (including phenoxy) is 1. The average molecular weight is 278 g/mol. The zero-order valence-electron chi connectivity index (χ0n) is 11.7. The number of hydrogen-bond donors (Lipinski definition) is 0. The summed E-state index contributed by atoms with van der Waals surface area (Å²) in [6.07, 6.45) is 0. The Kier molecular flexibility index (Phi) is 6.20. The molecular weight excluding hydrogens is 270 g/mol. The Hall–Kier alpha value is 1.11. The maximum Gasteiger partial charge on any atom is 1.00 e. The summed E-state index contributed by atoms with van der Waals surface area (Å²) >= 11 is 0. The fraction of sp³-hybridized carbons (Fsp3) is 0. The molecule has 0 aromatic heterocycles. The number of carbonyl (C=O) groups is 2. The van der Waals surface area contributed by atoms with Gasteiger partial charge in [0.1, 0.15) is 0 Å². The Morgan fingerprint density at radius 1 is 0.824 bits per heavy atom. The fourth-order valence-electron chi connectivity index (χ4n) is 1.88. The first-order chi connectivity index (χ1) is 7.27. The van der Waals surface area contributed by atoms with Crippen molar-refractivity contribution in [2.45, 2.75) is 0 Å². The van der Waals surface area contributed by atoms with Gasteiger partial charge in [-0.05, 0) is 17.5 Å². The number of cyclic esters (lactones) is 2. The third kappa shape index (κ3) is 2.84. The molecule has 76 valence electrons. The van der Waals surface area contributed by atoms with Crippen LogP contribution in [-0.2, 0) is 4.74 Å². The first-order valence-electron chi connectivity index (χ1n) is 4.55. The van der Waals surface area contributed by atoms with Crippen LogP contribution in [0.3, 0.4) is 0 Å². The van der Waals surface area contributed by atoms with Crippen molar-refractivity contribution in [1.82, 2.24) is 0 Å². The summed E-state index contributed by atoms with van der Waals surface area (Å²) in [6, 6.07) is 10.6. The third-order valence-electron chi connectivity index (χ3n) is 2.53. The molecule has 17 heavy (non-hydrogen) atoms. The van der Waals surface area contributed by atoms with Gasteiger partial charge in [0.05, 0.1) is 11.1 Å². The van der Waals surface area contributed by atoms with Crippen molar-refractivity contribution in [3.63, 3.8) is 0 Å². The standard InChI is InChI=1S/C12H6O3.2K.2H/c13-11-8-5-1-3-7-4-2-6-9(10(7)8)12(14)15-11;;;;/h1-6H;;;;/q;2*+1;2*-1. The van der Waals surface area contributed by atoms with Crippen LogP contribution in [0.2, 0.25) is 0 Å². The molecule has 0 amide bonds. The minimum atomic E-state index is -0.565. The monoisotopic (exact) mass is 278 g/mol. The Morgan fingerprint density at radius 2 is 1.29 bits per heavy atom. The van der Waals surface area contributed by atoms with Crippen molar-refractivity contribution in [2.24, 2.45) is 0 Å². The van der Waals surface area contributed by atoms with E-state index in [1.807, 2.05) is 12.1 Å². The van der Waals surface area contributed by atoms with E-state index in [4.69, 9.17) is 0 Å². The van der Waals surface area contributed by atoms with Crippen LogP contribution in [0.1, 0.15) is 23.6 Å². The topological polar surface area (TPSA) is 43.4 Å². The Balaban J connectivity index is 0. The molecule has 0 radical (unpaired) electrons. The van der Waals surface area contributed by atoms with Gasteiger partial charge in [0.2, 0.25) is 0 Å². The van der Waals surface area contributed by atoms with Gasteiger partial charge in [-0.15, -0.1) is 0 Å². The second kappa shape index (κ2) is 6.52. The Morgan fingerprint density at radius 3 is 1.76 bits per heavy atom. The summed E-state index contributed by atoms with van der Waals surface area (Å²) in [7, 11) is 0. The molecule has 0 atom stereocenters. The van der Waals surface area contributed by atoms with Gasteiger partial charge in [0.15, 0.2) is 0 Å². The van der Waals surface area contributed by atoms with E-state index < -0.39 is 11.9 Å². The number of benzene rings is 2. The molecule has 0 N–H and O–H groups in total. The summed E-state index contributed by atoms with van der Waals surface area (Å²) in [5, 5.41) is 1.58. The Bertz CT molecular complexity index is 568. The van der Waals surface area contributed by atoms with Crippen LogP contribution in [-0.4, -0.2) is 11.9 Å². The van der Waals surface area contributed by atoms with Gasteiger partial charge in [-0.25, -0.2) is 9.59 Å². The molecule has 5 heteroatoms. The summed E-state index contributed by atoms with van der Waals surface area (Å²) in [5.74, 6) is -1.13. The van der Waals surface area contributed by atoms with E-state index in [1.165, 1.54) is 0 Å². The van der Waals surface area contributed by atoms with Gasteiger partial charge in [0, 0.05) is 5.39 Å². The van der Waals surface area contributed by atoms with Gasteiger partial charge in [0.25, 0.3) is 0 Å². The molecule has 0 fully saturated rings. The normalized spacial score (nSPS) is 12.5. The molecular formula is C12H8K2O3. The van der Waals surface area contributed by atoms with Crippen LogP contribution in [0.25, 0.3) is 10.8 Å². The van der Waals surface area contributed by atoms with Gasteiger partial charge in [-0.1, -0.05) is 24.3 Å². The smallest absolute Gasteiger partial charge is 1.00 e. The minimum Gasteiger partial charge on any atom is -1.00 e. The van der Waals surface area contributed by atoms with E-state index in [-0.39, 0.29) is 106 Å². The molecule has 0 saturated heterocycles. The maximum absolute atomic E-state index is 11.4. The average Bonchev–Trinajstić information content (AvgIpc) is 2.25. The van der Waals surface area contributed by atoms with Gasteiger partial charge < -0.3 is 7.59 Å². The molecule has 0 aliphatic carbocycles. The second-order valence-electron chi connectivity index (χ2n) is 3.39. The van der Waals surface area contributed by atoms with E-state index >= 15 is 0 Å². The summed E-state index contributed by atoms with van der Waals surface area (Å²) in [4.78, 5) is 22.9. The molecule has 1 heterocycles. The molecule has 0 spiro atoms. The predicted molar refractivity (Wildman–Crippen MR) is 55.9 cm³/mol. The van der Waals surface area contributed by atoms with E-state index in [1.54, 1.807) is 24.3 Å². The molecule has 2 aromatic rings. The van der Waals surface area contributed by atoms with Gasteiger partial charge in [-0.3, -0.25) is 0 Å². The first-order valence-corrected chi connectivity index (χ1v) is 4.55. The molecule has 1 aliphatic heterocycles. The SMILES string of the molecule is O=C1OC(=O)c2cccc3cccc1c23.[H-].[H-].[K+].[K+]. The fourth-order valence-corrected chi connectivity index (χ4v) is 1.88. The zero-order chi connectivity index (χ0) is 10.4. The summed E-state index contributed by atoms with van der Waals surface area (Å²) < 4.78 is 4.63. The maximum atomic E-state index is 11.4. The van der Waals surface area contributed by atoms with Crippen LogP contribution < -0.4 is 103 Å². The predicted octanol–water partition coefficient (Wildman–Crippen LogP) is -3.62. The Labute approximate surface area is 186 Å². The van der Waals surface area contributed by atoms with Crippen LogP contribution in [0, 0.1) is 0 Å². The van der Waals surface area contributed by atoms with E-state index in [2.05, 4.69) is 4.74 Å². The molecule has 0 unspecified atom stereocenters. The molecule has 3 nitrogen and oxygen atoms in total. The second-order valence-corrected chi connectivity index (χ2v) is 3.39. The summed E-state index contributed by atoms with van der Waals surface area (Å²) in [5.41, 5.74) is 0.922. The molecule has 2 aromatic carbocycles. The van der Waals surface area contributed by atoms with Crippen molar-refractivity contribution >= 4 is 22.7 Å². The van der Waals surface area contributed by atoms with Gasteiger partial charge in [-0.2, -0.15) is 0 Å². The van der Waals surface area contributed by atoms with Gasteiger partial charge >= 0.3 is 115 Å². The number of esters is 2. The first kappa shape index (κ1) is 16.2. The molecule has 0 bridgehead atoms. The van der Waals surface area contributed by atoms with Crippen molar-refractivity contribution < 1.29 is 120 Å². The quantitative estimate of drug-likeness (QED) is 0.284. The van der Waals surface area contributed by atoms with Crippen LogP contribution in [0.5, 0.6) is 0 Å². The van der Waals surface area contributed by atoms with Crippen molar-refractivity contribution in [3.8, 4) is 0 Å². The summed E-state index contributed by atoms with van der Waals surface area (Å²) in [6.45, 7) is 0. The van der Waals surface area contributed by atoms with Crippen LogP contribution in [0.4, 0.5) is 0 Å². The van der Waals surface area contributed by atoms with Crippen LogP contribution in [0.15, 0.2) is 36.4 Å². The molecule has 0 saturated carbocycles. The number of carbonyl (C=O) groups excluding carboxylic acids is 2. The third-order valence-corrected chi connectivity index (χ3v) is 2.53. The van der Waals surface area contributed by atoms with E-state index in [0.717, 1.165) is 5.39 Å². The van der Waals surface area contributed by atoms with Crippen molar-refractivity contribution in [2.75, 3.05) is 0 Å². The molecule has 3 rings (SSSR count). The van der Waals surface area contributed by atoms with Crippen molar-refractivity contribution in [3.05, 3.63) is 47.5 Å². The van der Waals surface area contributed by atoms with E-state index in [9.17, 15) is 9.59 Å². The van der Waals surface area contributed by atoms with Crippen molar-refractivity contribution in [1.29, 1.82) is 0 Å². The largest absolute Gasteiger partial charge is 1.00 e. The molecule has 1 aliphatic rings.